The first-order valence-electron chi connectivity index (χ1n) is 4.78. The smallest absolute Gasteiger partial charge is 0.250 e. The largest absolute Gasteiger partial charge is 0.375 e. The van der Waals surface area contributed by atoms with E-state index in [1.807, 2.05) is 31.3 Å². The highest BCUT2D eigenvalue weighted by Gasteiger charge is 2.01. The summed E-state index contributed by atoms with van der Waals surface area (Å²) in [6.45, 7) is 0.865. The number of carbonyl (C=O) groups is 1. The summed E-state index contributed by atoms with van der Waals surface area (Å²) in [4.78, 5) is 11.2. The zero-order valence-electron chi connectivity index (χ0n) is 9.45. The van der Waals surface area contributed by atoms with E-state index in [2.05, 4.69) is 10.6 Å². The number of methoxy groups -OCH3 is 1. The standard InChI is InChI=1S/C11H16N2O2.ClH/c1-12-7-9-4-3-5-10(6-9)13-11(14)8-15-2;/h3-6,12H,7-8H2,1-2H3,(H,13,14);1H. The van der Waals surface area contributed by atoms with Crippen molar-refractivity contribution in [3.05, 3.63) is 29.8 Å². The van der Waals surface area contributed by atoms with Crippen molar-refractivity contribution in [3.8, 4) is 0 Å². The molecular weight excluding hydrogens is 228 g/mol. The normalized spacial score (nSPS) is 9.38. The molecule has 1 rings (SSSR count). The Labute approximate surface area is 102 Å². The van der Waals surface area contributed by atoms with Crippen LogP contribution in [0.3, 0.4) is 0 Å². The first-order valence-corrected chi connectivity index (χ1v) is 4.78. The third-order valence-corrected chi connectivity index (χ3v) is 1.87. The summed E-state index contributed by atoms with van der Waals surface area (Å²) in [7, 11) is 3.38. The minimum atomic E-state index is -0.140. The third-order valence-electron chi connectivity index (χ3n) is 1.87. The Morgan fingerprint density at radius 1 is 1.44 bits per heavy atom. The number of nitrogens with one attached hydrogen (secondary N) is 2. The Kier molecular flexibility index (Phi) is 7.54. The first-order chi connectivity index (χ1) is 7.26. The molecular formula is C11H17ClN2O2. The van der Waals surface area contributed by atoms with Crippen molar-refractivity contribution in [3.63, 3.8) is 0 Å². The highest BCUT2D eigenvalue weighted by Crippen LogP contribution is 2.10. The quantitative estimate of drug-likeness (QED) is 0.824. The summed E-state index contributed by atoms with van der Waals surface area (Å²) in [5.74, 6) is -0.140. The van der Waals surface area contributed by atoms with Crippen molar-refractivity contribution >= 4 is 24.0 Å². The van der Waals surface area contributed by atoms with Gasteiger partial charge in [-0.1, -0.05) is 12.1 Å². The Balaban J connectivity index is 0.00000225. The molecule has 0 aliphatic carbocycles. The molecule has 90 valence electrons. The highest BCUT2D eigenvalue weighted by molar-refractivity contribution is 5.91. The van der Waals surface area contributed by atoms with Crippen molar-refractivity contribution in [2.24, 2.45) is 0 Å². The Morgan fingerprint density at radius 3 is 2.81 bits per heavy atom. The SMILES string of the molecule is CNCc1cccc(NC(=O)COC)c1.Cl. The maximum Gasteiger partial charge on any atom is 0.250 e. The lowest BCUT2D eigenvalue weighted by Gasteiger charge is -2.06. The van der Waals surface area contributed by atoms with Crippen LogP contribution < -0.4 is 10.6 Å². The number of halogens is 1. The average Bonchev–Trinajstić information content (AvgIpc) is 2.19. The monoisotopic (exact) mass is 244 g/mol. The molecule has 16 heavy (non-hydrogen) atoms. The van der Waals surface area contributed by atoms with Gasteiger partial charge < -0.3 is 15.4 Å². The molecule has 0 aromatic heterocycles. The Morgan fingerprint density at radius 2 is 2.19 bits per heavy atom. The van der Waals surface area contributed by atoms with E-state index in [-0.39, 0.29) is 24.9 Å². The zero-order chi connectivity index (χ0) is 11.1. The molecule has 1 aromatic rings. The van der Waals surface area contributed by atoms with Gasteiger partial charge in [-0.25, -0.2) is 0 Å². The van der Waals surface area contributed by atoms with Crippen LogP contribution in [-0.2, 0) is 16.1 Å². The van der Waals surface area contributed by atoms with Crippen molar-refractivity contribution < 1.29 is 9.53 Å². The second kappa shape index (κ2) is 8.10. The van der Waals surface area contributed by atoms with Crippen LogP contribution >= 0.6 is 12.4 Å². The minimum Gasteiger partial charge on any atom is -0.375 e. The van der Waals surface area contributed by atoms with Gasteiger partial charge in [0.05, 0.1) is 0 Å². The fourth-order valence-corrected chi connectivity index (χ4v) is 1.29. The van der Waals surface area contributed by atoms with Crippen LogP contribution in [0.2, 0.25) is 0 Å². The number of rotatable bonds is 5. The molecule has 0 saturated heterocycles. The van der Waals surface area contributed by atoms with Gasteiger partial charge in [0, 0.05) is 19.3 Å². The van der Waals surface area contributed by atoms with Crippen molar-refractivity contribution in [1.29, 1.82) is 0 Å². The number of ether oxygens (including phenoxy) is 1. The van der Waals surface area contributed by atoms with Crippen LogP contribution in [0.1, 0.15) is 5.56 Å². The van der Waals surface area contributed by atoms with Gasteiger partial charge >= 0.3 is 0 Å². The zero-order valence-corrected chi connectivity index (χ0v) is 10.3. The molecule has 1 amide bonds. The number of hydrogen-bond donors (Lipinski definition) is 2. The number of anilines is 1. The van der Waals surface area contributed by atoms with Gasteiger partial charge in [0.2, 0.25) is 5.91 Å². The van der Waals surface area contributed by atoms with Crippen LogP contribution in [0.4, 0.5) is 5.69 Å². The number of amides is 1. The van der Waals surface area contributed by atoms with Crippen molar-refractivity contribution in [2.45, 2.75) is 6.54 Å². The molecule has 0 aliphatic rings. The van der Waals surface area contributed by atoms with E-state index >= 15 is 0 Å². The summed E-state index contributed by atoms with van der Waals surface area (Å²) in [6, 6.07) is 7.70. The van der Waals surface area contributed by atoms with Gasteiger partial charge in [-0.05, 0) is 24.7 Å². The van der Waals surface area contributed by atoms with Crippen LogP contribution in [0.25, 0.3) is 0 Å². The topological polar surface area (TPSA) is 50.4 Å². The molecule has 0 atom stereocenters. The molecule has 0 saturated carbocycles. The maximum atomic E-state index is 11.2. The maximum absolute atomic E-state index is 11.2. The van der Waals surface area contributed by atoms with Gasteiger partial charge in [-0.3, -0.25) is 4.79 Å². The van der Waals surface area contributed by atoms with E-state index in [0.29, 0.717) is 0 Å². The minimum absolute atomic E-state index is 0. The highest BCUT2D eigenvalue weighted by atomic mass is 35.5. The summed E-state index contributed by atoms with van der Waals surface area (Å²) in [6.07, 6.45) is 0. The summed E-state index contributed by atoms with van der Waals surface area (Å²) >= 11 is 0. The van der Waals surface area contributed by atoms with E-state index in [4.69, 9.17) is 4.74 Å². The van der Waals surface area contributed by atoms with E-state index < -0.39 is 0 Å². The second-order valence-corrected chi connectivity index (χ2v) is 3.21. The molecule has 1 aromatic carbocycles. The second-order valence-electron chi connectivity index (χ2n) is 3.21. The van der Waals surface area contributed by atoms with Gasteiger partial charge in [-0.2, -0.15) is 0 Å². The predicted molar refractivity (Wildman–Crippen MR) is 67.0 cm³/mol. The van der Waals surface area contributed by atoms with Crippen molar-refractivity contribution in [2.75, 3.05) is 26.1 Å². The molecule has 0 aliphatic heterocycles. The van der Waals surface area contributed by atoms with Crippen LogP contribution in [-0.4, -0.2) is 26.7 Å². The third kappa shape index (κ3) is 5.11. The first kappa shape index (κ1) is 14.9. The van der Waals surface area contributed by atoms with Gasteiger partial charge in [-0.15, -0.1) is 12.4 Å². The molecule has 5 heteroatoms. The summed E-state index contributed by atoms with van der Waals surface area (Å²) in [5.41, 5.74) is 1.93. The average molecular weight is 245 g/mol. The van der Waals surface area contributed by atoms with Crippen LogP contribution in [0.5, 0.6) is 0 Å². The van der Waals surface area contributed by atoms with Gasteiger partial charge in [0.1, 0.15) is 6.61 Å². The van der Waals surface area contributed by atoms with Crippen LogP contribution in [0, 0.1) is 0 Å². The molecule has 0 spiro atoms. The predicted octanol–water partition coefficient (Wildman–Crippen LogP) is 1.41. The molecule has 4 nitrogen and oxygen atoms in total. The Bertz CT molecular complexity index is 332. The van der Waals surface area contributed by atoms with Crippen LogP contribution in [0.15, 0.2) is 24.3 Å². The van der Waals surface area contributed by atoms with E-state index in [1.54, 1.807) is 0 Å². The fourth-order valence-electron chi connectivity index (χ4n) is 1.29. The summed E-state index contributed by atoms with van der Waals surface area (Å²) < 4.78 is 4.73. The molecule has 0 bridgehead atoms. The molecule has 0 unspecified atom stereocenters. The lowest BCUT2D eigenvalue weighted by Crippen LogP contribution is -2.17. The van der Waals surface area contributed by atoms with Gasteiger partial charge in [0.25, 0.3) is 0 Å². The number of benzene rings is 1. The van der Waals surface area contributed by atoms with E-state index in [9.17, 15) is 4.79 Å². The Hall–Kier alpha value is -1.10. The molecule has 2 N–H and O–H groups in total. The van der Waals surface area contributed by atoms with E-state index in [0.717, 1.165) is 17.8 Å². The molecule has 0 fully saturated rings. The molecule has 0 radical (unpaired) electrons. The van der Waals surface area contributed by atoms with Gasteiger partial charge in [0.15, 0.2) is 0 Å². The lowest BCUT2D eigenvalue weighted by molar-refractivity contribution is -0.119. The van der Waals surface area contributed by atoms with Crippen molar-refractivity contribution in [1.82, 2.24) is 5.32 Å². The number of hydrogen-bond acceptors (Lipinski definition) is 3. The summed E-state index contributed by atoms with van der Waals surface area (Å²) in [5, 5.41) is 5.80. The van der Waals surface area contributed by atoms with E-state index in [1.165, 1.54) is 7.11 Å². The molecule has 0 heterocycles. The fraction of sp³-hybridized carbons (Fsp3) is 0.364. The lowest BCUT2D eigenvalue weighted by atomic mass is 10.2. The number of carbonyl (C=O) groups excluding carboxylic acids is 1.